The number of aryl methyl sites for hydroxylation is 1. The second-order valence-electron chi connectivity index (χ2n) is 27.8. The molecule has 12 amide bonds. The highest BCUT2D eigenvalue weighted by Crippen LogP contribution is 2.30. The fraction of sp³-hybridized carbons (Fsp3) is 0.652. The van der Waals surface area contributed by atoms with Gasteiger partial charge in [-0.05, 0) is 112 Å². The van der Waals surface area contributed by atoms with Crippen LogP contribution in [0.3, 0.4) is 0 Å². The van der Waals surface area contributed by atoms with Crippen LogP contribution in [0.2, 0.25) is 5.02 Å². The van der Waals surface area contributed by atoms with E-state index in [-0.39, 0.29) is 50.5 Å². The second-order valence-corrected chi connectivity index (χ2v) is 28.2. The van der Waals surface area contributed by atoms with E-state index in [1.54, 1.807) is 65.8 Å². The number of carbonyl (C=O) groups is 12. The van der Waals surface area contributed by atoms with Crippen LogP contribution in [0.15, 0.2) is 48.5 Å². The summed E-state index contributed by atoms with van der Waals surface area (Å²) in [7, 11) is 9.14. The van der Waals surface area contributed by atoms with E-state index in [1.807, 2.05) is 0 Å². The van der Waals surface area contributed by atoms with Crippen LogP contribution in [0.4, 0.5) is 13.2 Å². The molecule has 2 saturated heterocycles. The lowest BCUT2D eigenvalue weighted by Gasteiger charge is -2.37. The molecule has 2 heterocycles. The number of hydrogen-bond acceptors (Lipinski definition) is 14. The number of alkyl halides is 3. The average molecular weight is 1420 g/mol. The zero-order chi connectivity index (χ0) is 74.7. The summed E-state index contributed by atoms with van der Waals surface area (Å²) in [6.45, 7) is 12.6. The highest BCUT2D eigenvalue weighted by atomic mass is 35.5. The highest BCUT2D eigenvalue weighted by molar-refractivity contribution is 6.30. The van der Waals surface area contributed by atoms with Crippen molar-refractivity contribution in [2.24, 2.45) is 17.8 Å². The molecule has 2 fully saturated rings. The number of halogens is 4. The van der Waals surface area contributed by atoms with E-state index >= 15 is 9.59 Å². The first-order valence-electron chi connectivity index (χ1n) is 33.6. The van der Waals surface area contributed by atoms with Crippen LogP contribution in [-0.4, -0.2) is 264 Å². The Morgan fingerprint density at radius 3 is 1.72 bits per heavy atom. The Labute approximate surface area is 584 Å². The van der Waals surface area contributed by atoms with Crippen molar-refractivity contribution < 1.29 is 80.5 Å². The van der Waals surface area contributed by atoms with Crippen LogP contribution < -0.4 is 21.3 Å². The van der Waals surface area contributed by atoms with Crippen LogP contribution >= 0.6 is 11.6 Å². The Morgan fingerprint density at radius 2 is 1.16 bits per heavy atom. The number of carbonyl (C=O) groups excluding carboxylic acids is 12. The summed E-state index contributed by atoms with van der Waals surface area (Å²) < 4.78 is 46.9. The van der Waals surface area contributed by atoms with Crippen molar-refractivity contribution in [1.29, 1.82) is 0 Å². The minimum Gasteiger partial charge on any atom is -0.388 e. The third-order valence-electron chi connectivity index (χ3n) is 18.0. The summed E-state index contributed by atoms with van der Waals surface area (Å²) >= 11 is 6.21. The van der Waals surface area contributed by atoms with Gasteiger partial charge in [0.05, 0.1) is 50.4 Å². The van der Waals surface area contributed by atoms with Crippen molar-refractivity contribution in [2.75, 3.05) is 95.3 Å². The third-order valence-corrected chi connectivity index (χ3v) is 18.2. The van der Waals surface area contributed by atoms with Crippen LogP contribution in [0.25, 0.3) is 0 Å². The summed E-state index contributed by atoms with van der Waals surface area (Å²) in [4.78, 5) is 184. The zero-order valence-electron chi connectivity index (χ0n) is 60.1. The van der Waals surface area contributed by atoms with Crippen molar-refractivity contribution in [3.8, 4) is 0 Å². The Balaban J connectivity index is 1.91. The minimum atomic E-state index is -4.67. The van der Waals surface area contributed by atoms with Crippen molar-refractivity contribution in [3.05, 3.63) is 70.2 Å². The molecule has 99 heavy (non-hydrogen) atoms. The van der Waals surface area contributed by atoms with Crippen LogP contribution in [-0.2, 0) is 81.3 Å². The van der Waals surface area contributed by atoms with Gasteiger partial charge in [0, 0.05) is 73.9 Å². The first kappa shape index (κ1) is 83.5. The topological polar surface area (TPSA) is 308 Å². The van der Waals surface area contributed by atoms with E-state index in [4.69, 9.17) is 16.3 Å². The van der Waals surface area contributed by atoms with Gasteiger partial charge in [-0.3, -0.25) is 57.5 Å². The summed E-state index contributed by atoms with van der Waals surface area (Å²) in [5, 5.41) is 22.0. The number of ether oxygens (including phenoxy) is 1. The Morgan fingerprint density at radius 1 is 0.606 bits per heavy atom. The Hall–Kier alpha value is -7.92. The molecular formula is C69H104ClF3N12O14. The van der Waals surface area contributed by atoms with Crippen molar-refractivity contribution in [3.63, 3.8) is 0 Å². The van der Waals surface area contributed by atoms with E-state index in [2.05, 4.69) is 21.3 Å². The molecule has 552 valence electrons. The number of likely N-dealkylation sites (N-methyl/N-ethyl adjacent to an activating group) is 7. The predicted octanol–water partition coefficient (Wildman–Crippen LogP) is 3.13. The SMILES string of the molecule is CC[C@H](C)[C@@H]1NC(=O)[C@H](C)N(C)C(=O)C[C@@H](C(=O)N2CCCC2)NC(=O)[C@H](CC(C)C)N(C)C(=O)[C@H](COCC(C)(C)O)N(C)C(=O)[C@H](CC(C)C)NC(=O)[C@H](CCc2ccc(C(F)(F)F)cc2)NC(=O)CN(C)C(=O)[C@H](Cc2ccc(Cl)cc2)N(C)C(=O)CN(C)C(=O)CN(C)C1=O. The number of hydrogen-bond donors (Lipinski definition) is 5. The van der Waals surface area contributed by atoms with Crippen LogP contribution in [0.5, 0.6) is 0 Å². The lowest BCUT2D eigenvalue weighted by Crippen LogP contribution is -2.61. The Kier molecular flexibility index (Phi) is 31.6. The fourth-order valence-electron chi connectivity index (χ4n) is 11.4. The molecule has 26 nitrogen and oxygen atoms in total. The fourth-order valence-corrected chi connectivity index (χ4v) is 11.5. The van der Waals surface area contributed by atoms with E-state index in [9.17, 15) is 66.2 Å². The number of amides is 12. The molecule has 0 radical (unpaired) electrons. The van der Waals surface area contributed by atoms with Crippen molar-refractivity contribution in [2.45, 2.75) is 180 Å². The van der Waals surface area contributed by atoms with Crippen molar-refractivity contribution in [1.82, 2.24) is 60.5 Å². The molecule has 30 heteroatoms. The number of aliphatic hydroxyl groups is 1. The summed E-state index contributed by atoms with van der Waals surface area (Å²) in [5.74, 6) is -10.7. The summed E-state index contributed by atoms with van der Waals surface area (Å²) in [5.41, 5.74) is -1.52. The zero-order valence-corrected chi connectivity index (χ0v) is 60.9. The molecule has 0 spiro atoms. The van der Waals surface area contributed by atoms with E-state index < -0.39 is 175 Å². The van der Waals surface area contributed by atoms with Gasteiger partial charge in [-0.1, -0.05) is 83.8 Å². The van der Waals surface area contributed by atoms with Gasteiger partial charge in [-0.15, -0.1) is 0 Å². The van der Waals surface area contributed by atoms with Gasteiger partial charge in [-0.2, -0.15) is 13.2 Å². The maximum absolute atomic E-state index is 15.3. The average Bonchev–Trinajstić information content (AvgIpc) is 0.996. The normalized spacial score (nSPS) is 23.8. The molecule has 0 unspecified atom stereocenters. The number of nitrogens with zero attached hydrogens (tertiary/aromatic N) is 8. The predicted molar refractivity (Wildman–Crippen MR) is 363 cm³/mol. The molecule has 4 rings (SSSR count). The molecule has 0 saturated carbocycles. The number of benzene rings is 2. The van der Waals surface area contributed by atoms with Gasteiger partial charge in [0.25, 0.3) is 0 Å². The molecule has 2 aliphatic rings. The lowest BCUT2D eigenvalue weighted by molar-refractivity contribution is -0.153. The molecule has 0 bridgehead atoms. The van der Waals surface area contributed by atoms with Gasteiger partial charge in [0.2, 0.25) is 70.9 Å². The maximum atomic E-state index is 15.3. The summed E-state index contributed by atoms with van der Waals surface area (Å²) in [6, 6.07) is -0.883. The standard InChI is InChI=1S/C69H104ClF3N12O14/c1-17-43(6)59-67(97)80(12)37-57(88)78(10)38-58(89)82(14)53(34-46-22-27-48(70)28-23-46)65(95)79(11)36-55(86)74-49(29-24-45-20-25-47(26-21-45)69(71,72)73)61(91)75-50(32-41(2)3)63(93)84(16)54(39-99-40-68(8,9)98)66(96)83(15)52(33-42(4)5)62(92)76-51(64(94)85-30-18-19-31-85)35-56(87)81(13)44(7)60(90)77-59/h20-23,25-28,41-44,49-54,59,98H,17-19,24,29-40H2,1-16H3,(H,74,86)(H,75,91)(H,76,92)(H,77,90)/t43-,44-,49-,50-,51-,52-,53-,54-,59-/m0/s1. The molecule has 2 aromatic rings. The molecule has 0 aromatic heterocycles. The lowest BCUT2D eigenvalue weighted by atomic mass is 9.97. The first-order valence-corrected chi connectivity index (χ1v) is 33.9. The van der Waals surface area contributed by atoms with Gasteiger partial charge in [0.15, 0.2) is 0 Å². The quantitative estimate of drug-likeness (QED) is 0.161. The molecule has 9 atom stereocenters. The number of rotatable bonds is 16. The highest BCUT2D eigenvalue weighted by Gasteiger charge is 2.42. The van der Waals surface area contributed by atoms with Crippen LogP contribution in [0, 0.1) is 17.8 Å². The van der Waals surface area contributed by atoms with Gasteiger partial charge >= 0.3 is 6.18 Å². The monoisotopic (exact) mass is 1420 g/mol. The summed E-state index contributed by atoms with van der Waals surface area (Å²) in [6.07, 6.45) is -4.28. The smallest absolute Gasteiger partial charge is 0.388 e. The maximum Gasteiger partial charge on any atom is 0.416 e. The number of likely N-dealkylation sites (tertiary alicyclic amines) is 1. The van der Waals surface area contributed by atoms with Gasteiger partial charge < -0.3 is 70.3 Å². The van der Waals surface area contributed by atoms with E-state index in [0.29, 0.717) is 48.5 Å². The molecule has 2 aliphatic heterocycles. The van der Waals surface area contributed by atoms with Crippen LogP contribution in [0.1, 0.15) is 124 Å². The Bertz CT molecular complexity index is 3150. The molecule has 2 aromatic carbocycles. The molecule has 0 aliphatic carbocycles. The van der Waals surface area contributed by atoms with Crippen molar-refractivity contribution >= 4 is 82.5 Å². The molecule has 5 N–H and O–H groups in total. The van der Waals surface area contributed by atoms with Gasteiger partial charge in [0.1, 0.15) is 48.3 Å². The third kappa shape index (κ3) is 25.0. The number of nitrogens with one attached hydrogen (secondary N) is 4. The van der Waals surface area contributed by atoms with E-state index in [1.165, 1.54) is 87.1 Å². The van der Waals surface area contributed by atoms with Gasteiger partial charge in [-0.25, -0.2) is 0 Å². The second kappa shape index (κ2) is 37.5. The largest absolute Gasteiger partial charge is 0.416 e. The first-order chi connectivity index (χ1) is 46.1. The minimum absolute atomic E-state index is 0.0228. The van der Waals surface area contributed by atoms with E-state index in [0.717, 1.165) is 46.4 Å². The molecular weight excluding hydrogens is 1310 g/mol.